The fraction of sp³-hybridized carbons (Fsp3) is 0.375. The topological polar surface area (TPSA) is 63.2 Å². The van der Waals surface area contributed by atoms with Gasteiger partial charge in [0.1, 0.15) is 0 Å². The van der Waals surface area contributed by atoms with Crippen LogP contribution in [0.15, 0.2) is 35.8 Å². The van der Waals surface area contributed by atoms with E-state index < -0.39 is 0 Å². The van der Waals surface area contributed by atoms with Gasteiger partial charge in [0.15, 0.2) is 0 Å². The molecule has 1 atom stereocenters. The van der Waals surface area contributed by atoms with Crippen LogP contribution < -0.4 is 15.4 Å². The first kappa shape index (κ1) is 16.3. The van der Waals surface area contributed by atoms with Crippen molar-refractivity contribution in [3.8, 4) is 5.88 Å². The predicted molar refractivity (Wildman–Crippen MR) is 88.1 cm³/mol. The van der Waals surface area contributed by atoms with Crippen molar-refractivity contribution in [1.82, 2.24) is 15.6 Å². The molecule has 0 spiro atoms. The van der Waals surface area contributed by atoms with Crippen molar-refractivity contribution >= 4 is 17.4 Å². The molecule has 0 bridgehead atoms. The van der Waals surface area contributed by atoms with Crippen LogP contribution in [0.2, 0.25) is 0 Å². The third-order valence-corrected chi connectivity index (χ3v) is 3.98. The van der Waals surface area contributed by atoms with Crippen LogP contribution in [-0.4, -0.2) is 17.1 Å². The Morgan fingerprint density at radius 1 is 1.32 bits per heavy atom. The Morgan fingerprint density at radius 3 is 2.73 bits per heavy atom. The number of amides is 2. The van der Waals surface area contributed by atoms with E-state index in [2.05, 4.69) is 15.6 Å². The summed E-state index contributed by atoms with van der Waals surface area (Å²) in [7, 11) is 0. The van der Waals surface area contributed by atoms with Gasteiger partial charge in [-0.05, 0) is 37.8 Å². The fourth-order valence-corrected chi connectivity index (χ4v) is 2.60. The van der Waals surface area contributed by atoms with Gasteiger partial charge in [-0.2, -0.15) is 0 Å². The number of nitrogens with one attached hydrogen (secondary N) is 2. The number of rotatable bonds is 6. The largest absolute Gasteiger partial charge is 0.475 e. The van der Waals surface area contributed by atoms with E-state index in [1.54, 1.807) is 17.5 Å². The summed E-state index contributed by atoms with van der Waals surface area (Å²) in [4.78, 5) is 17.2. The van der Waals surface area contributed by atoms with E-state index in [9.17, 15) is 4.79 Å². The second kappa shape index (κ2) is 7.79. The molecule has 0 fully saturated rings. The summed E-state index contributed by atoms with van der Waals surface area (Å²) in [6, 6.07) is 7.50. The Labute approximate surface area is 134 Å². The summed E-state index contributed by atoms with van der Waals surface area (Å²) >= 11 is 1.63. The van der Waals surface area contributed by atoms with Crippen molar-refractivity contribution in [3.05, 3.63) is 46.3 Å². The molecule has 118 valence electrons. The molecule has 2 amide bonds. The third kappa shape index (κ3) is 5.04. The lowest BCUT2D eigenvalue weighted by molar-refractivity contribution is 0.232. The fourth-order valence-electron chi connectivity index (χ4n) is 1.87. The SMILES string of the molecule is CC(C)Oc1ccc(CNC(=O)N[C@@H](C)c2cccs2)cn1. The lowest BCUT2D eigenvalue weighted by atomic mass is 10.3. The molecule has 2 N–H and O–H groups in total. The molecule has 2 heterocycles. The van der Waals surface area contributed by atoms with Crippen molar-refractivity contribution in [2.24, 2.45) is 0 Å². The monoisotopic (exact) mass is 319 g/mol. The highest BCUT2D eigenvalue weighted by molar-refractivity contribution is 7.10. The second-order valence-electron chi connectivity index (χ2n) is 5.24. The van der Waals surface area contributed by atoms with Crippen LogP contribution in [0.5, 0.6) is 5.88 Å². The Balaban J connectivity index is 1.78. The zero-order valence-electron chi connectivity index (χ0n) is 13.0. The molecule has 0 aliphatic heterocycles. The molecule has 0 saturated heterocycles. The maximum Gasteiger partial charge on any atom is 0.315 e. The van der Waals surface area contributed by atoms with E-state index in [1.807, 2.05) is 50.4 Å². The molecule has 2 aromatic heterocycles. The second-order valence-corrected chi connectivity index (χ2v) is 6.21. The summed E-state index contributed by atoms with van der Waals surface area (Å²) < 4.78 is 5.48. The average Bonchev–Trinajstić information content (AvgIpc) is 3.00. The quantitative estimate of drug-likeness (QED) is 0.856. The van der Waals surface area contributed by atoms with Gasteiger partial charge >= 0.3 is 6.03 Å². The zero-order chi connectivity index (χ0) is 15.9. The average molecular weight is 319 g/mol. The Hall–Kier alpha value is -2.08. The lowest BCUT2D eigenvalue weighted by Gasteiger charge is -2.13. The van der Waals surface area contributed by atoms with Gasteiger partial charge in [-0.3, -0.25) is 0 Å². The molecule has 22 heavy (non-hydrogen) atoms. The van der Waals surface area contributed by atoms with Crippen molar-refractivity contribution in [1.29, 1.82) is 0 Å². The van der Waals surface area contributed by atoms with E-state index in [-0.39, 0.29) is 18.2 Å². The summed E-state index contributed by atoms with van der Waals surface area (Å²) in [5, 5.41) is 7.73. The molecule has 0 unspecified atom stereocenters. The molecule has 5 nitrogen and oxygen atoms in total. The van der Waals surface area contributed by atoms with Crippen molar-refractivity contribution in [2.45, 2.75) is 39.5 Å². The predicted octanol–water partition coefficient (Wildman–Crippen LogP) is 3.49. The van der Waals surface area contributed by atoms with E-state index >= 15 is 0 Å². The number of thiophene rings is 1. The van der Waals surface area contributed by atoms with Crippen LogP contribution in [0, 0.1) is 0 Å². The number of hydrogen-bond donors (Lipinski definition) is 2. The van der Waals surface area contributed by atoms with Crippen LogP contribution >= 0.6 is 11.3 Å². The molecular formula is C16H21N3O2S. The standard InChI is InChI=1S/C16H21N3O2S/c1-11(2)21-15-7-6-13(9-17-15)10-18-16(20)19-12(3)14-5-4-8-22-14/h4-9,11-12H,10H2,1-3H3,(H2,18,19,20)/t12-/m0/s1. The van der Waals surface area contributed by atoms with Crippen LogP contribution in [0.25, 0.3) is 0 Å². The van der Waals surface area contributed by atoms with Gasteiger partial charge in [0.2, 0.25) is 5.88 Å². The van der Waals surface area contributed by atoms with E-state index in [1.165, 1.54) is 0 Å². The van der Waals surface area contributed by atoms with Crippen LogP contribution in [0.1, 0.15) is 37.3 Å². The summed E-state index contributed by atoms with van der Waals surface area (Å²) in [6.07, 6.45) is 1.81. The smallest absolute Gasteiger partial charge is 0.315 e. The number of carbonyl (C=O) groups excluding carboxylic acids is 1. The summed E-state index contributed by atoms with van der Waals surface area (Å²) in [5.41, 5.74) is 0.926. The van der Waals surface area contributed by atoms with Gasteiger partial charge < -0.3 is 15.4 Å². The number of urea groups is 1. The molecule has 2 aromatic rings. The van der Waals surface area contributed by atoms with Crippen molar-refractivity contribution < 1.29 is 9.53 Å². The maximum absolute atomic E-state index is 11.9. The number of aromatic nitrogens is 1. The number of hydrogen-bond acceptors (Lipinski definition) is 4. The molecule has 0 aliphatic rings. The number of carbonyl (C=O) groups is 1. The highest BCUT2D eigenvalue weighted by Gasteiger charge is 2.09. The highest BCUT2D eigenvalue weighted by Crippen LogP contribution is 2.17. The van der Waals surface area contributed by atoms with Gasteiger partial charge in [0.25, 0.3) is 0 Å². The molecule has 6 heteroatoms. The Kier molecular flexibility index (Phi) is 5.77. The van der Waals surface area contributed by atoms with Crippen LogP contribution in [0.4, 0.5) is 4.79 Å². The van der Waals surface area contributed by atoms with Crippen molar-refractivity contribution in [3.63, 3.8) is 0 Å². The molecule has 0 saturated carbocycles. The first-order chi connectivity index (χ1) is 10.5. The minimum Gasteiger partial charge on any atom is -0.475 e. The first-order valence-corrected chi connectivity index (χ1v) is 8.12. The Morgan fingerprint density at radius 2 is 2.14 bits per heavy atom. The van der Waals surface area contributed by atoms with Gasteiger partial charge in [-0.15, -0.1) is 11.3 Å². The number of ether oxygens (including phenoxy) is 1. The van der Waals surface area contributed by atoms with Gasteiger partial charge in [0.05, 0.1) is 12.1 Å². The lowest BCUT2D eigenvalue weighted by Crippen LogP contribution is -2.36. The number of pyridine rings is 1. The molecule has 0 aliphatic carbocycles. The highest BCUT2D eigenvalue weighted by atomic mass is 32.1. The first-order valence-electron chi connectivity index (χ1n) is 7.24. The van der Waals surface area contributed by atoms with Gasteiger partial charge in [0, 0.05) is 23.7 Å². The van der Waals surface area contributed by atoms with E-state index in [4.69, 9.17) is 4.74 Å². The van der Waals surface area contributed by atoms with Gasteiger partial charge in [-0.25, -0.2) is 9.78 Å². The molecule has 0 aromatic carbocycles. The van der Waals surface area contributed by atoms with E-state index in [0.29, 0.717) is 12.4 Å². The van der Waals surface area contributed by atoms with Crippen LogP contribution in [-0.2, 0) is 6.54 Å². The maximum atomic E-state index is 11.9. The Bertz CT molecular complexity index is 582. The minimum absolute atomic E-state index is 0.0000530. The molecule has 2 rings (SSSR count). The number of nitrogens with zero attached hydrogens (tertiary/aromatic N) is 1. The van der Waals surface area contributed by atoms with Gasteiger partial charge in [-0.1, -0.05) is 12.1 Å². The van der Waals surface area contributed by atoms with Crippen LogP contribution in [0.3, 0.4) is 0 Å². The molecular weight excluding hydrogens is 298 g/mol. The summed E-state index contributed by atoms with van der Waals surface area (Å²) in [6.45, 7) is 6.30. The molecule has 0 radical (unpaired) electrons. The van der Waals surface area contributed by atoms with Crippen molar-refractivity contribution in [2.75, 3.05) is 0 Å². The minimum atomic E-state index is -0.191. The third-order valence-electron chi connectivity index (χ3n) is 2.92. The summed E-state index contributed by atoms with van der Waals surface area (Å²) in [5.74, 6) is 0.592. The van der Waals surface area contributed by atoms with E-state index in [0.717, 1.165) is 10.4 Å². The zero-order valence-corrected chi connectivity index (χ0v) is 13.8. The normalized spacial score (nSPS) is 12.0.